The smallest absolute Gasteiger partial charge is 0.271 e. The van der Waals surface area contributed by atoms with E-state index in [9.17, 15) is 18.3 Å². The number of aryl methyl sites for hydroxylation is 2. The monoisotopic (exact) mass is 589 g/mol. The third kappa shape index (κ3) is 5.38. The summed E-state index contributed by atoms with van der Waals surface area (Å²) in [6.07, 6.45) is -0.527. The molecule has 1 aliphatic heterocycles. The minimum absolute atomic E-state index is 0.103. The summed E-state index contributed by atoms with van der Waals surface area (Å²) in [5.74, 6) is -0.436. The zero-order valence-corrected chi connectivity index (χ0v) is 25.6. The average Bonchev–Trinajstić information content (AvgIpc) is 3.28. The number of aromatic nitrogens is 1. The van der Waals surface area contributed by atoms with E-state index in [1.54, 1.807) is 37.1 Å². The topological polar surface area (TPSA) is 92.1 Å². The molecule has 2 heterocycles. The molecule has 0 saturated heterocycles. The number of carbonyl (C=O) groups is 1. The molecule has 0 aliphatic carbocycles. The van der Waals surface area contributed by atoms with Crippen LogP contribution in [0.1, 0.15) is 35.5 Å². The summed E-state index contributed by atoms with van der Waals surface area (Å²) >= 11 is 0. The normalized spacial score (nSPS) is 18.9. The molecule has 42 heavy (non-hydrogen) atoms. The second-order valence-corrected chi connectivity index (χ2v) is 13.3. The third-order valence-corrected chi connectivity index (χ3v) is 10.4. The SMILES string of the molecule is Cc1ccccc1S(=O)(=O)N(C)C[C@H]1OCc2ccccc2-c2c(n(C)c3ccccc23)C(=O)N([C@@H](C)CO)C[C@@H]1C. The largest absolute Gasteiger partial charge is 0.394 e. The van der Waals surface area contributed by atoms with Gasteiger partial charge in [0.25, 0.3) is 5.91 Å². The van der Waals surface area contributed by atoms with Crippen molar-refractivity contribution < 1.29 is 23.1 Å². The predicted molar refractivity (Wildman–Crippen MR) is 165 cm³/mol. The van der Waals surface area contributed by atoms with E-state index in [0.717, 1.165) is 27.6 Å². The number of para-hydroxylation sites is 1. The Morgan fingerprint density at radius 2 is 1.71 bits per heavy atom. The molecule has 3 atom stereocenters. The van der Waals surface area contributed by atoms with E-state index in [-0.39, 0.29) is 43.0 Å². The standard InChI is InChI=1S/C33H39N3O5S/c1-22-12-6-11-17-30(22)42(39,40)34(4)19-29-23(2)18-36(24(3)20-37)33(38)32-31(26-14-8-7-13-25(26)21-41-29)27-15-9-10-16-28(27)35(32)5/h6-17,23-24,29,37H,18-21H2,1-5H3/t23-,24-,29+/m0/s1. The van der Waals surface area contributed by atoms with Crippen LogP contribution in [0, 0.1) is 12.8 Å². The van der Waals surface area contributed by atoms with E-state index >= 15 is 0 Å². The number of hydrogen-bond donors (Lipinski definition) is 1. The molecule has 1 aromatic heterocycles. The molecule has 1 N–H and O–H groups in total. The fraction of sp³-hybridized carbons (Fsp3) is 0.364. The van der Waals surface area contributed by atoms with Crippen LogP contribution < -0.4 is 0 Å². The number of aliphatic hydroxyl groups excluding tert-OH is 1. The molecule has 1 amide bonds. The summed E-state index contributed by atoms with van der Waals surface area (Å²) in [7, 11) is -0.310. The molecule has 0 fully saturated rings. The molecule has 3 aromatic carbocycles. The molecule has 0 unspecified atom stereocenters. The molecular formula is C33H39N3O5S. The molecule has 0 bridgehead atoms. The fourth-order valence-electron chi connectivity index (χ4n) is 5.89. The molecule has 9 heteroatoms. The number of rotatable bonds is 6. The molecule has 8 nitrogen and oxygen atoms in total. The Bertz CT molecular complexity index is 1710. The van der Waals surface area contributed by atoms with Crippen LogP contribution in [0.5, 0.6) is 0 Å². The van der Waals surface area contributed by atoms with Gasteiger partial charge in [-0.1, -0.05) is 67.6 Å². The molecule has 0 spiro atoms. The second kappa shape index (κ2) is 12.0. The minimum atomic E-state index is -3.78. The van der Waals surface area contributed by atoms with Gasteiger partial charge >= 0.3 is 0 Å². The fourth-order valence-corrected chi connectivity index (χ4v) is 7.30. The van der Waals surface area contributed by atoms with Gasteiger partial charge in [-0.05, 0) is 42.7 Å². The molecule has 4 aromatic rings. The highest BCUT2D eigenvalue weighted by atomic mass is 32.2. The Kier molecular flexibility index (Phi) is 8.57. The highest BCUT2D eigenvalue weighted by Gasteiger charge is 2.35. The van der Waals surface area contributed by atoms with Crippen molar-refractivity contribution >= 4 is 26.8 Å². The van der Waals surface area contributed by atoms with E-state index in [1.807, 2.05) is 80.1 Å². The second-order valence-electron chi connectivity index (χ2n) is 11.3. The predicted octanol–water partition coefficient (Wildman–Crippen LogP) is 4.83. The first kappa shape index (κ1) is 30.0. The number of aliphatic hydroxyl groups is 1. The molecular weight excluding hydrogens is 550 g/mol. The molecule has 5 rings (SSSR count). The van der Waals surface area contributed by atoms with Gasteiger partial charge in [0, 0.05) is 49.6 Å². The number of fused-ring (bicyclic) bond motifs is 5. The molecule has 0 saturated carbocycles. The minimum Gasteiger partial charge on any atom is -0.394 e. The van der Waals surface area contributed by atoms with Crippen molar-refractivity contribution in [1.82, 2.24) is 13.8 Å². The van der Waals surface area contributed by atoms with Crippen LogP contribution in [0.4, 0.5) is 0 Å². The first-order chi connectivity index (χ1) is 20.1. The lowest BCUT2D eigenvalue weighted by atomic mass is 9.96. The van der Waals surface area contributed by atoms with Gasteiger partial charge in [-0.3, -0.25) is 4.79 Å². The Morgan fingerprint density at radius 1 is 1.05 bits per heavy atom. The highest BCUT2D eigenvalue weighted by molar-refractivity contribution is 7.89. The zero-order valence-electron chi connectivity index (χ0n) is 24.8. The van der Waals surface area contributed by atoms with Crippen molar-refractivity contribution in [1.29, 1.82) is 0 Å². The zero-order chi connectivity index (χ0) is 30.2. The van der Waals surface area contributed by atoms with Gasteiger partial charge in [0.1, 0.15) is 5.69 Å². The molecule has 222 valence electrons. The van der Waals surface area contributed by atoms with E-state index in [4.69, 9.17) is 4.74 Å². The van der Waals surface area contributed by atoms with Crippen LogP contribution in [0.3, 0.4) is 0 Å². The van der Waals surface area contributed by atoms with Crippen molar-refractivity contribution in [2.24, 2.45) is 13.0 Å². The van der Waals surface area contributed by atoms with Crippen molar-refractivity contribution in [2.75, 3.05) is 26.7 Å². The average molecular weight is 590 g/mol. The Balaban J connectivity index is 1.61. The van der Waals surface area contributed by atoms with Gasteiger partial charge in [0.05, 0.1) is 30.3 Å². The number of benzene rings is 3. The molecule has 1 aliphatic rings. The quantitative estimate of drug-likeness (QED) is 0.348. The van der Waals surface area contributed by atoms with Crippen LogP contribution in [-0.2, 0) is 28.4 Å². The lowest BCUT2D eigenvalue weighted by molar-refractivity contribution is -0.0147. The summed E-state index contributed by atoms with van der Waals surface area (Å²) in [6, 6.07) is 22.3. The summed E-state index contributed by atoms with van der Waals surface area (Å²) < 4.78 is 37.0. The van der Waals surface area contributed by atoms with E-state index < -0.39 is 22.2 Å². The Morgan fingerprint density at radius 3 is 2.45 bits per heavy atom. The number of carbonyl (C=O) groups excluding carboxylic acids is 1. The first-order valence-corrected chi connectivity index (χ1v) is 15.7. The van der Waals surface area contributed by atoms with Crippen LogP contribution in [0.25, 0.3) is 22.0 Å². The number of sulfonamides is 1. The maximum Gasteiger partial charge on any atom is 0.271 e. The number of hydrogen-bond acceptors (Lipinski definition) is 5. The van der Waals surface area contributed by atoms with E-state index in [1.165, 1.54) is 4.31 Å². The van der Waals surface area contributed by atoms with Gasteiger partial charge in [-0.2, -0.15) is 4.31 Å². The van der Waals surface area contributed by atoms with Crippen LogP contribution in [-0.4, -0.2) is 72.1 Å². The Hall–Kier alpha value is -3.50. The van der Waals surface area contributed by atoms with Crippen molar-refractivity contribution in [3.63, 3.8) is 0 Å². The highest BCUT2D eigenvalue weighted by Crippen LogP contribution is 2.38. The van der Waals surface area contributed by atoms with Gasteiger partial charge in [-0.25, -0.2) is 8.42 Å². The maximum absolute atomic E-state index is 14.5. The van der Waals surface area contributed by atoms with Gasteiger partial charge in [-0.15, -0.1) is 0 Å². The summed E-state index contributed by atoms with van der Waals surface area (Å²) in [4.78, 5) is 16.4. The lowest BCUT2D eigenvalue weighted by Crippen LogP contribution is -2.48. The van der Waals surface area contributed by atoms with Gasteiger partial charge in [0.15, 0.2) is 0 Å². The van der Waals surface area contributed by atoms with E-state index in [0.29, 0.717) is 11.3 Å². The number of likely N-dealkylation sites (N-methyl/N-ethyl adjacent to an activating group) is 1. The van der Waals surface area contributed by atoms with Crippen molar-refractivity contribution in [3.05, 3.63) is 89.6 Å². The lowest BCUT2D eigenvalue weighted by Gasteiger charge is -2.35. The van der Waals surface area contributed by atoms with Crippen LogP contribution in [0.15, 0.2) is 77.7 Å². The third-order valence-electron chi connectivity index (χ3n) is 8.44. The van der Waals surface area contributed by atoms with Gasteiger partial charge in [0.2, 0.25) is 10.0 Å². The number of nitrogens with zero attached hydrogens (tertiary/aromatic N) is 3. The molecule has 0 radical (unpaired) electrons. The summed E-state index contributed by atoms with van der Waals surface area (Å²) in [6.45, 7) is 6.00. The Labute approximate surface area is 248 Å². The number of ether oxygens (including phenoxy) is 1. The summed E-state index contributed by atoms with van der Waals surface area (Å²) in [5, 5.41) is 11.2. The van der Waals surface area contributed by atoms with Crippen molar-refractivity contribution in [3.8, 4) is 11.1 Å². The maximum atomic E-state index is 14.5. The van der Waals surface area contributed by atoms with Crippen LogP contribution in [0.2, 0.25) is 0 Å². The van der Waals surface area contributed by atoms with Crippen molar-refractivity contribution in [2.45, 2.75) is 44.4 Å². The summed E-state index contributed by atoms with van der Waals surface area (Å²) in [5.41, 5.74) is 4.80. The number of amides is 1. The first-order valence-electron chi connectivity index (χ1n) is 14.3. The van der Waals surface area contributed by atoms with Gasteiger partial charge < -0.3 is 19.3 Å². The van der Waals surface area contributed by atoms with E-state index in [2.05, 4.69) is 0 Å². The van der Waals surface area contributed by atoms with Crippen LogP contribution >= 0.6 is 0 Å².